The summed E-state index contributed by atoms with van der Waals surface area (Å²) in [5, 5.41) is 3.43. The first-order valence-corrected chi connectivity index (χ1v) is 6.96. The third kappa shape index (κ3) is 4.79. The maximum absolute atomic E-state index is 5.46. The van der Waals surface area contributed by atoms with Gasteiger partial charge in [0.1, 0.15) is 0 Å². The van der Waals surface area contributed by atoms with Crippen LogP contribution in [0.5, 0.6) is 0 Å². The van der Waals surface area contributed by atoms with Gasteiger partial charge in [0.2, 0.25) is 0 Å². The highest BCUT2D eigenvalue weighted by Crippen LogP contribution is 2.24. The van der Waals surface area contributed by atoms with E-state index in [2.05, 4.69) is 51.2 Å². The highest BCUT2D eigenvalue weighted by Gasteiger charge is 2.14. The molecule has 0 fully saturated rings. The lowest BCUT2D eigenvalue weighted by molar-refractivity contribution is 0.589. The van der Waals surface area contributed by atoms with Crippen LogP contribution in [0.1, 0.15) is 43.9 Å². The zero-order valence-electron chi connectivity index (χ0n) is 12.3. The molecule has 0 saturated carbocycles. The molecule has 0 atom stereocenters. The van der Waals surface area contributed by atoms with Crippen LogP contribution < -0.4 is 11.1 Å². The van der Waals surface area contributed by atoms with Crippen molar-refractivity contribution in [1.82, 2.24) is 5.32 Å². The Morgan fingerprint density at radius 3 is 2.44 bits per heavy atom. The van der Waals surface area contributed by atoms with E-state index in [4.69, 9.17) is 5.73 Å². The Balaban J connectivity index is 2.53. The molecule has 18 heavy (non-hydrogen) atoms. The summed E-state index contributed by atoms with van der Waals surface area (Å²) in [6, 6.07) is 6.87. The number of nitrogens with two attached hydrogens (primary N) is 1. The predicted octanol–water partition coefficient (Wildman–Crippen LogP) is 2.77. The molecule has 0 amide bonds. The first-order valence-electron chi connectivity index (χ1n) is 6.96. The minimum atomic E-state index is 0.239. The molecule has 2 nitrogen and oxygen atoms in total. The normalized spacial score (nSPS) is 11.8. The summed E-state index contributed by atoms with van der Waals surface area (Å²) in [5.74, 6) is 0. The molecule has 0 unspecified atom stereocenters. The second-order valence-electron chi connectivity index (χ2n) is 6.03. The Kier molecular flexibility index (Phi) is 5.83. The Hall–Kier alpha value is -0.860. The van der Waals surface area contributed by atoms with Gasteiger partial charge in [-0.25, -0.2) is 0 Å². The molecule has 0 bridgehead atoms. The van der Waals surface area contributed by atoms with Crippen LogP contribution in [0.2, 0.25) is 0 Å². The van der Waals surface area contributed by atoms with Crippen molar-refractivity contribution < 1.29 is 0 Å². The third-order valence-corrected chi connectivity index (χ3v) is 3.34. The van der Waals surface area contributed by atoms with Gasteiger partial charge >= 0.3 is 0 Å². The van der Waals surface area contributed by atoms with E-state index >= 15 is 0 Å². The van der Waals surface area contributed by atoms with Gasteiger partial charge in [0, 0.05) is 0 Å². The van der Waals surface area contributed by atoms with Crippen LogP contribution in [0.4, 0.5) is 0 Å². The zero-order chi connectivity index (χ0) is 13.6. The van der Waals surface area contributed by atoms with Gasteiger partial charge in [0.15, 0.2) is 0 Å². The van der Waals surface area contributed by atoms with Gasteiger partial charge in [-0.05, 0) is 61.5 Å². The van der Waals surface area contributed by atoms with E-state index in [1.807, 2.05) is 0 Å². The van der Waals surface area contributed by atoms with Crippen molar-refractivity contribution >= 4 is 0 Å². The van der Waals surface area contributed by atoms with E-state index < -0.39 is 0 Å². The molecule has 1 rings (SSSR count). The number of nitrogens with one attached hydrogen (secondary N) is 1. The molecule has 0 heterocycles. The summed E-state index contributed by atoms with van der Waals surface area (Å²) >= 11 is 0. The highest BCUT2D eigenvalue weighted by atomic mass is 14.8. The average Bonchev–Trinajstić information content (AvgIpc) is 2.29. The van der Waals surface area contributed by atoms with E-state index in [-0.39, 0.29) is 5.41 Å². The highest BCUT2D eigenvalue weighted by molar-refractivity contribution is 5.34. The molecule has 3 N–H and O–H groups in total. The van der Waals surface area contributed by atoms with E-state index in [9.17, 15) is 0 Å². The van der Waals surface area contributed by atoms with Crippen LogP contribution in [0.25, 0.3) is 0 Å². The molecule has 0 aliphatic heterocycles. The van der Waals surface area contributed by atoms with E-state index in [0.29, 0.717) is 0 Å². The van der Waals surface area contributed by atoms with Crippen molar-refractivity contribution in [2.75, 3.05) is 19.6 Å². The summed E-state index contributed by atoms with van der Waals surface area (Å²) < 4.78 is 0. The average molecular weight is 248 g/mol. The molecule has 0 aromatic heterocycles. The van der Waals surface area contributed by atoms with E-state index in [1.54, 1.807) is 0 Å². The van der Waals surface area contributed by atoms with Crippen molar-refractivity contribution in [1.29, 1.82) is 0 Å². The SMILES string of the molecule is Cc1cc(C(C)(C)C)ccc1CCNCCCN. The summed E-state index contributed by atoms with van der Waals surface area (Å²) in [6.07, 6.45) is 2.16. The Morgan fingerprint density at radius 2 is 1.89 bits per heavy atom. The Labute approximate surface area is 112 Å². The van der Waals surface area contributed by atoms with Gasteiger partial charge in [-0.15, -0.1) is 0 Å². The van der Waals surface area contributed by atoms with Gasteiger partial charge in [0.25, 0.3) is 0 Å². The number of hydrogen-bond acceptors (Lipinski definition) is 2. The van der Waals surface area contributed by atoms with Gasteiger partial charge in [-0.3, -0.25) is 0 Å². The second kappa shape index (κ2) is 6.91. The predicted molar refractivity (Wildman–Crippen MR) is 80.1 cm³/mol. The molecule has 0 aliphatic rings. The van der Waals surface area contributed by atoms with Crippen LogP contribution >= 0.6 is 0 Å². The van der Waals surface area contributed by atoms with Gasteiger partial charge in [0.05, 0.1) is 0 Å². The zero-order valence-corrected chi connectivity index (χ0v) is 12.3. The molecular weight excluding hydrogens is 220 g/mol. The maximum Gasteiger partial charge on any atom is -0.000824 e. The fraction of sp³-hybridized carbons (Fsp3) is 0.625. The van der Waals surface area contributed by atoms with E-state index in [1.165, 1.54) is 16.7 Å². The summed E-state index contributed by atoms with van der Waals surface area (Å²) in [7, 11) is 0. The molecule has 0 saturated heterocycles. The quantitative estimate of drug-likeness (QED) is 0.760. The standard InChI is InChI=1S/C16H28N2/c1-13-12-15(16(2,3)4)7-6-14(13)8-11-18-10-5-9-17/h6-7,12,18H,5,8-11,17H2,1-4H3. The van der Waals surface area contributed by atoms with Crippen molar-refractivity contribution in [3.05, 3.63) is 34.9 Å². The number of hydrogen-bond donors (Lipinski definition) is 2. The first kappa shape index (κ1) is 15.2. The molecule has 0 aliphatic carbocycles. The summed E-state index contributed by atoms with van der Waals surface area (Å²) in [6.45, 7) is 11.8. The number of benzene rings is 1. The number of aryl methyl sites for hydroxylation is 1. The lowest BCUT2D eigenvalue weighted by Crippen LogP contribution is -2.21. The van der Waals surface area contributed by atoms with Crippen molar-refractivity contribution in [3.63, 3.8) is 0 Å². The van der Waals surface area contributed by atoms with Gasteiger partial charge in [-0.2, -0.15) is 0 Å². The lowest BCUT2D eigenvalue weighted by atomic mass is 9.85. The minimum absolute atomic E-state index is 0.239. The van der Waals surface area contributed by atoms with Crippen LogP contribution in [0.15, 0.2) is 18.2 Å². The minimum Gasteiger partial charge on any atom is -0.330 e. The maximum atomic E-state index is 5.46. The monoisotopic (exact) mass is 248 g/mol. The molecule has 2 heteroatoms. The Morgan fingerprint density at radius 1 is 1.17 bits per heavy atom. The smallest absolute Gasteiger partial charge is 0.000824 e. The molecule has 0 spiro atoms. The Bertz CT molecular complexity index is 364. The van der Waals surface area contributed by atoms with Gasteiger partial charge < -0.3 is 11.1 Å². The van der Waals surface area contributed by atoms with Crippen LogP contribution in [0, 0.1) is 6.92 Å². The summed E-state index contributed by atoms with van der Waals surface area (Å²) in [5.41, 5.74) is 9.97. The largest absolute Gasteiger partial charge is 0.330 e. The topological polar surface area (TPSA) is 38.0 Å². The molecule has 102 valence electrons. The molecule has 1 aromatic carbocycles. The molecule has 0 radical (unpaired) electrons. The fourth-order valence-corrected chi connectivity index (χ4v) is 2.02. The first-order chi connectivity index (χ1) is 8.45. The molecular formula is C16H28N2. The van der Waals surface area contributed by atoms with Crippen LogP contribution in [-0.2, 0) is 11.8 Å². The van der Waals surface area contributed by atoms with Crippen LogP contribution in [0.3, 0.4) is 0 Å². The van der Waals surface area contributed by atoms with Crippen molar-refractivity contribution in [3.8, 4) is 0 Å². The van der Waals surface area contributed by atoms with Crippen LogP contribution in [-0.4, -0.2) is 19.6 Å². The third-order valence-electron chi connectivity index (χ3n) is 3.34. The number of rotatable bonds is 6. The molecule has 1 aromatic rings. The van der Waals surface area contributed by atoms with E-state index in [0.717, 1.165) is 32.5 Å². The lowest BCUT2D eigenvalue weighted by Gasteiger charge is -2.20. The van der Waals surface area contributed by atoms with Crippen molar-refractivity contribution in [2.45, 2.75) is 46.0 Å². The second-order valence-corrected chi connectivity index (χ2v) is 6.03. The fourth-order valence-electron chi connectivity index (χ4n) is 2.02. The van der Waals surface area contributed by atoms with Gasteiger partial charge in [-0.1, -0.05) is 39.0 Å². The summed E-state index contributed by atoms with van der Waals surface area (Å²) in [4.78, 5) is 0. The van der Waals surface area contributed by atoms with Crippen molar-refractivity contribution in [2.24, 2.45) is 5.73 Å².